The Bertz CT molecular complexity index is 625. The molecule has 1 aliphatic carbocycles. The van der Waals surface area contributed by atoms with E-state index in [1.165, 1.54) is 18.4 Å². The van der Waals surface area contributed by atoms with Crippen molar-refractivity contribution in [1.82, 2.24) is 15.1 Å². The smallest absolute Gasteiger partial charge is 0.118 e. The maximum Gasteiger partial charge on any atom is 0.118 e. The molecule has 1 saturated carbocycles. The van der Waals surface area contributed by atoms with Crippen molar-refractivity contribution in [3.05, 3.63) is 39.6 Å². The Labute approximate surface area is 124 Å². The Kier molecular flexibility index (Phi) is 3.61. The van der Waals surface area contributed by atoms with Crippen molar-refractivity contribution < 1.29 is 4.42 Å². The van der Waals surface area contributed by atoms with Crippen LogP contribution >= 0.6 is 11.6 Å². The van der Waals surface area contributed by atoms with Crippen LogP contribution in [0.1, 0.15) is 41.3 Å². The van der Waals surface area contributed by atoms with E-state index in [2.05, 4.69) is 16.5 Å². The van der Waals surface area contributed by atoms with E-state index in [1.807, 2.05) is 25.5 Å². The predicted molar refractivity (Wildman–Crippen MR) is 79.1 cm³/mol. The Hall–Kier alpha value is -1.26. The van der Waals surface area contributed by atoms with Crippen LogP contribution in [0.25, 0.3) is 0 Å². The van der Waals surface area contributed by atoms with Crippen molar-refractivity contribution in [2.24, 2.45) is 0 Å². The van der Waals surface area contributed by atoms with Crippen molar-refractivity contribution >= 4 is 11.6 Å². The molecule has 1 N–H and O–H groups in total. The van der Waals surface area contributed by atoms with Crippen LogP contribution in [0.5, 0.6) is 0 Å². The lowest BCUT2D eigenvalue weighted by Crippen LogP contribution is -2.14. The number of hydrogen-bond acceptors (Lipinski definition) is 3. The van der Waals surface area contributed by atoms with Gasteiger partial charge in [-0.3, -0.25) is 4.68 Å². The van der Waals surface area contributed by atoms with E-state index in [-0.39, 0.29) is 0 Å². The first-order valence-electron chi connectivity index (χ1n) is 7.05. The van der Waals surface area contributed by atoms with E-state index in [1.54, 1.807) is 0 Å². The lowest BCUT2D eigenvalue weighted by atomic mass is 10.2. The van der Waals surface area contributed by atoms with Crippen LogP contribution in [0.2, 0.25) is 5.02 Å². The normalized spacial score (nSPS) is 15.0. The number of furan rings is 1. The molecule has 0 radical (unpaired) electrons. The fourth-order valence-electron chi connectivity index (χ4n) is 2.35. The van der Waals surface area contributed by atoms with Crippen LogP contribution < -0.4 is 5.32 Å². The van der Waals surface area contributed by atoms with Crippen LogP contribution in [0, 0.1) is 20.8 Å². The molecule has 0 spiro atoms. The molecule has 0 unspecified atom stereocenters. The highest BCUT2D eigenvalue weighted by molar-refractivity contribution is 6.31. The average Bonchev–Trinajstić information content (AvgIpc) is 3.14. The van der Waals surface area contributed by atoms with Crippen LogP contribution in [0.15, 0.2) is 10.5 Å². The summed E-state index contributed by atoms with van der Waals surface area (Å²) in [4.78, 5) is 0. The molecule has 20 heavy (non-hydrogen) atoms. The molecule has 3 rings (SSSR count). The summed E-state index contributed by atoms with van der Waals surface area (Å²) >= 11 is 6.18. The van der Waals surface area contributed by atoms with E-state index >= 15 is 0 Å². The largest absolute Gasteiger partial charge is 0.465 e. The van der Waals surface area contributed by atoms with Crippen molar-refractivity contribution in [2.45, 2.75) is 52.7 Å². The number of nitrogens with zero attached hydrogens (tertiary/aromatic N) is 2. The molecule has 4 nitrogen and oxygen atoms in total. The van der Waals surface area contributed by atoms with Gasteiger partial charge < -0.3 is 9.73 Å². The molecule has 1 fully saturated rings. The third kappa shape index (κ3) is 2.76. The Morgan fingerprint density at radius 3 is 2.75 bits per heavy atom. The zero-order valence-corrected chi connectivity index (χ0v) is 12.9. The molecule has 0 aliphatic heterocycles. The lowest BCUT2D eigenvalue weighted by Gasteiger charge is -2.02. The van der Waals surface area contributed by atoms with Crippen molar-refractivity contribution in [2.75, 3.05) is 0 Å². The zero-order chi connectivity index (χ0) is 14.3. The lowest BCUT2D eigenvalue weighted by molar-refractivity contribution is 0.457. The van der Waals surface area contributed by atoms with Gasteiger partial charge in [0, 0.05) is 11.6 Å². The van der Waals surface area contributed by atoms with Gasteiger partial charge in [-0.25, -0.2) is 0 Å². The topological polar surface area (TPSA) is 43.0 Å². The van der Waals surface area contributed by atoms with Gasteiger partial charge in [0.1, 0.15) is 11.5 Å². The summed E-state index contributed by atoms with van der Waals surface area (Å²) < 4.78 is 7.74. The predicted octanol–water partition coefficient (Wildman–Crippen LogP) is 3.36. The minimum Gasteiger partial charge on any atom is -0.465 e. The summed E-state index contributed by atoms with van der Waals surface area (Å²) in [5.41, 5.74) is 3.04. The van der Waals surface area contributed by atoms with E-state index in [4.69, 9.17) is 16.0 Å². The summed E-state index contributed by atoms with van der Waals surface area (Å²) in [6.07, 6.45) is 2.58. The molecular weight excluding hydrogens is 274 g/mol. The molecule has 108 valence electrons. The number of nitrogens with one attached hydrogen (secondary N) is 1. The van der Waals surface area contributed by atoms with E-state index < -0.39 is 0 Å². The third-order valence-electron chi connectivity index (χ3n) is 3.83. The molecular formula is C15H20ClN3O. The van der Waals surface area contributed by atoms with Crippen LogP contribution in [0.3, 0.4) is 0 Å². The first-order chi connectivity index (χ1) is 9.54. The summed E-state index contributed by atoms with van der Waals surface area (Å²) in [6, 6.07) is 2.81. The minimum atomic E-state index is 0.693. The molecule has 0 atom stereocenters. The standard InChI is InChI=1S/C15H20ClN3O/c1-9-15(16)10(2)19(18-9)8-12-6-14(20-11(12)3)7-17-13-4-5-13/h6,13,17H,4-5,7-8H2,1-3H3. The van der Waals surface area contributed by atoms with E-state index in [0.29, 0.717) is 12.6 Å². The minimum absolute atomic E-state index is 0.693. The number of halogens is 1. The second-order valence-corrected chi connectivity index (χ2v) is 5.97. The summed E-state index contributed by atoms with van der Waals surface area (Å²) in [7, 11) is 0. The van der Waals surface area contributed by atoms with Gasteiger partial charge >= 0.3 is 0 Å². The molecule has 2 heterocycles. The Balaban J connectivity index is 1.74. The average molecular weight is 294 g/mol. The molecule has 2 aromatic heterocycles. The summed E-state index contributed by atoms with van der Waals surface area (Å²) in [5, 5.41) is 8.68. The maximum atomic E-state index is 6.18. The van der Waals surface area contributed by atoms with Gasteiger partial charge in [0.2, 0.25) is 0 Å². The first-order valence-corrected chi connectivity index (χ1v) is 7.43. The van der Waals surface area contributed by atoms with Gasteiger partial charge in [-0.05, 0) is 39.7 Å². The van der Waals surface area contributed by atoms with Crippen molar-refractivity contribution in [3.8, 4) is 0 Å². The molecule has 0 bridgehead atoms. The van der Waals surface area contributed by atoms with E-state index in [0.717, 1.165) is 34.5 Å². The number of hydrogen-bond donors (Lipinski definition) is 1. The fourth-order valence-corrected chi connectivity index (χ4v) is 2.49. The van der Waals surface area contributed by atoms with Gasteiger partial charge in [-0.15, -0.1) is 0 Å². The van der Waals surface area contributed by atoms with Crippen molar-refractivity contribution in [3.63, 3.8) is 0 Å². The Morgan fingerprint density at radius 2 is 2.15 bits per heavy atom. The van der Waals surface area contributed by atoms with Crippen LogP contribution in [0.4, 0.5) is 0 Å². The Morgan fingerprint density at radius 1 is 1.40 bits per heavy atom. The monoisotopic (exact) mass is 293 g/mol. The molecule has 0 aromatic carbocycles. The van der Waals surface area contributed by atoms with Gasteiger partial charge in [0.25, 0.3) is 0 Å². The number of rotatable bonds is 5. The van der Waals surface area contributed by atoms with Crippen molar-refractivity contribution in [1.29, 1.82) is 0 Å². The van der Waals surface area contributed by atoms with Gasteiger partial charge in [0.05, 0.1) is 29.5 Å². The van der Waals surface area contributed by atoms with Crippen LogP contribution in [-0.2, 0) is 13.1 Å². The fraction of sp³-hybridized carbons (Fsp3) is 0.533. The second-order valence-electron chi connectivity index (χ2n) is 5.59. The highest BCUT2D eigenvalue weighted by Crippen LogP contribution is 2.23. The number of aryl methyl sites for hydroxylation is 2. The summed E-state index contributed by atoms with van der Waals surface area (Å²) in [5.74, 6) is 1.96. The van der Waals surface area contributed by atoms with Gasteiger partial charge in [-0.1, -0.05) is 11.6 Å². The molecule has 1 aliphatic rings. The maximum absolute atomic E-state index is 6.18. The first kappa shape index (κ1) is 13.7. The highest BCUT2D eigenvalue weighted by atomic mass is 35.5. The molecule has 0 amide bonds. The third-order valence-corrected chi connectivity index (χ3v) is 4.37. The van der Waals surface area contributed by atoms with Gasteiger partial charge in [-0.2, -0.15) is 5.10 Å². The summed E-state index contributed by atoms with van der Waals surface area (Å²) in [6.45, 7) is 7.44. The molecule has 2 aromatic rings. The number of aromatic nitrogens is 2. The molecule has 0 saturated heterocycles. The van der Waals surface area contributed by atoms with Gasteiger partial charge in [0.15, 0.2) is 0 Å². The highest BCUT2D eigenvalue weighted by Gasteiger charge is 2.21. The molecule has 5 heteroatoms. The second kappa shape index (κ2) is 5.26. The van der Waals surface area contributed by atoms with E-state index in [9.17, 15) is 0 Å². The quantitative estimate of drug-likeness (QED) is 0.919. The van der Waals surface area contributed by atoms with Crippen LogP contribution in [-0.4, -0.2) is 15.8 Å². The SMILES string of the molecule is Cc1nn(Cc2cc(CNC3CC3)oc2C)c(C)c1Cl. The zero-order valence-electron chi connectivity index (χ0n) is 12.2.